The molecule has 0 unspecified atom stereocenters. The predicted molar refractivity (Wildman–Crippen MR) is 120 cm³/mol. The molecule has 3 aromatic rings. The quantitative estimate of drug-likeness (QED) is 0.540. The van der Waals surface area contributed by atoms with E-state index in [4.69, 9.17) is 4.74 Å². The Morgan fingerprint density at radius 2 is 1.58 bits per heavy atom. The second-order valence-electron chi connectivity index (χ2n) is 7.45. The lowest BCUT2D eigenvalue weighted by molar-refractivity contribution is -0.134. The van der Waals surface area contributed by atoms with Gasteiger partial charge in [-0.05, 0) is 47.7 Å². The van der Waals surface area contributed by atoms with Gasteiger partial charge in [-0.15, -0.1) is 0 Å². The number of hydrogen-bond donors (Lipinski definition) is 1. The first-order valence-electron chi connectivity index (χ1n) is 10.3. The maximum atomic E-state index is 13.1. The van der Waals surface area contributed by atoms with Crippen molar-refractivity contribution in [3.8, 4) is 5.75 Å². The SMILES string of the molecule is CCc1ccccc1CN(Cc1ccccc1)C(=O)COc1cc(C)ccc1C(=O)O. The van der Waals surface area contributed by atoms with Gasteiger partial charge in [-0.1, -0.05) is 67.6 Å². The minimum absolute atomic E-state index is 0.0457. The zero-order chi connectivity index (χ0) is 22.2. The average Bonchev–Trinajstić information content (AvgIpc) is 2.78. The third-order valence-electron chi connectivity index (χ3n) is 5.15. The Bertz CT molecular complexity index is 1050. The minimum Gasteiger partial charge on any atom is -0.483 e. The molecule has 0 spiro atoms. The highest BCUT2D eigenvalue weighted by molar-refractivity contribution is 5.91. The molecular formula is C26H27NO4. The number of carboxylic acids is 1. The standard InChI is InChI=1S/C26H27NO4/c1-3-21-11-7-8-12-22(21)17-27(16-20-9-5-4-6-10-20)25(28)18-31-24-15-19(2)13-14-23(24)26(29)30/h4-15H,3,16-18H2,1-2H3,(H,29,30). The lowest BCUT2D eigenvalue weighted by Gasteiger charge is -2.24. The maximum absolute atomic E-state index is 13.1. The summed E-state index contributed by atoms with van der Waals surface area (Å²) in [5.74, 6) is -1.08. The van der Waals surface area contributed by atoms with E-state index >= 15 is 0 Å². The highest BCUT2D eigenvalue weighted by Gasteiger charge is 2.19. The van der Waals surface area contributed by atoms with Gasteiger partial charge >= 0.3 is 5.97 Å². The van der Waals surface area contributed by atoms with Crippen LogP contribution in [-0.2, 0) is 24.3 Å². The molecule has 160 valence electrons. The molecule has 0 aliphatic carbocycles. The van der Waals surface area contributed by atoms with Gasteiger partial charge in [0.25, 0.3) is 5.91 Å². The molecule has 0 bridgehead atoms. The lowest BCUT2D eigenvalue weighted by Crippen LogP contribution is -2.34. The van der Waals surface area contributed by atoms with Crippen LogP contribution < -0.4 is 4.74 Å². The zero-order valence-corrected chi connectivity index (χ0v) is 17.9. The number of aromatic carboxylic acids is 1. The van der Waals surface area contributed by atoms with Crippen molar-refractivity contribution in [2.24, 2.45) is 0 Å². The Labute approximate surface area is 182 Å². The minimum atomic E-state index is -1.08. The van der Waals surface area contributed by atoms with Crippen LogP contribution in [0.2, 0.25) is 0 Å². The predicted octanol–water partition coefficient (Wildman–Crippen LogP) is 4.86. The van der Waals surface area contributed by atoms with Crippen LogP contribution in [0.5, 0.6) is 5.75 Å². The summed E-state index contributed by atoms with van der Waals surface area (Å²) in [6.45, 7) is 4.62. The third-order valence-corrected chi connectivity index (χ3v) is 5.15. The number of carbonyl (C=O) groups excluding carboxylic acids is 1. The van der Waals surface area contributed by atoms with Gasteiger partial charge < -0.3 is 14.7 Å². The number of rotatable bonds is 9. The van der Waals surface area contributed by atoms with Crippen molar-refractivity contribution < 1.29 is 19.4 Å². The van der Waals surface area contributed by atoms with Crippen molar-refractivity contribution in [1.29, 1.82) is 0 Å². The van der Waals surface area contributed by atoms with Gasteiger partial charge in [-0.25, -0.2) is 4.79 Å². The van der Waals surface area contributed by atoms with Crippen molar-refractivity contribution >= 4 is 11.9 Å². The molecule has 1 N–H and O–H groups in total. The largest absolute Gasteiger partial charge is 0.483 e. The van der Waals surface area contributed by atoms with Gasteiger partial charge in [0.1, 0.15) is 11.3 Å². The number of carboxylic acid groups (broad SMARTS) is 1. The fourth-order valence-corrected chi connectivity index (χ4v) is 3.45. The molecule has 0 aliphatic heterocycles. The summed E-state index contributed by atoms with van der Waals surface area (Å²) in [5, 5.41) is 9.40. The molecule has 1 amide bonds. The molecule has 0 radical (unpaired) electrons. The second kappa shape index (κ2) is 10.4. The van der Waals surface area contributed by atoms with E-state index in [9.17, 15) is 14.7 Å². The molecule has 0 aliphatic rings. The highest BCUT2D eigenvalue weighted by Crippen LogP contribution is 2.21. The molecule has 31 heavy (non-hydrogen) atoms. The summed E-state index contributed by atoms with van der Waals surface area (Å²) in [6.07, 6.45) is 0.880. The molecular weight excluding hydrogens is 390 g/mol. The fourth-order valence-electron chi connectivity index (χ4n) is 3.45. The van der Waals surface area contributed by atoms with Gasteiger partial charge in [0, 0.05) is 13.1 Å². The molecule has 0 saturated carbocycles. The fraction of sp³-hybridized carbons (Fsp3) is 0.231. The lowest BCUT2D eigenvalue weighted by atomic mass is 10.0. The first-order chi connectivity index (χ1) is 15.0. The van der Waals surface area contributed by atoms with Gasteiger partial charge in [0.05, 0.1) is 0 Å². The summed E-state index contributed by atoms with van der Waals surface area (Å²) in [5.41, 5.74) is 4.22. The number of amides is 1. The number of ether oxygens (including phenoxy) is 1. The van der Waals surface area contributed by atoms with Crippen LogP contribution in [0.15, 0.2) is 72.8 Å². The number of benzene rings is 3. The molecule has 0 atom stereocenters. The van der Waals surface area contributed by atoms with E-state index in [0.29, 0.717) is 13.1 Å². The first-order valence-corrected chi connectivity index (χ1v) is 10.3. The Hall–Kier alpha value is -3.60. The van der Waals surface area contributed by atoms with Crippen LogP contribution >= 0.6 is 0 Å². The number of carbonyl (C=O) groups is 2. The van der Waals surface area contributed by atoms with Crippen LogP contribution in [0.1, 0.15) is 39.5 Å². The van der Waals surface area contributed by atoms with Crippen LogP contribution in [0.4, 0.5) is 0 Å². The van der Waals surface area contributed by atoms with Gasteiger partial charge in [0.15, 0.2) is 6.61 Å². The monoisotopic (exact) mass is 417 g/mol. The smallest absolute Gasteiger partial charge is 0.339 e. The Balaban J connectivity index is 1.81. The van der Waals surface area contributed by atoms with Crippen molar-refractivity contribution in [3.63, 3.8) is 0 Å². The van der Waals surface area contributed by atoms with E-state index in [1.54, 1.807) is 17.0 Å². The van der Waals surface area contributed by atoms with Gasteiger partial charge in [-0.3, -0.25) is 4.79 Å². The van der Waals surface area contributed by atoms with Crippen LogP contribution in [-0.4, -0.2) is 28.5 Å². The topological polar surface area (TPSA) is 66.8 Å². The van der Waals surface area contributed by atoms with E-state index in [0.717, 1.165) is 23.1 Å². The molecule has 5 heteroatoms. The molecule has 3 aromatic carbocycles. The molecule has 0 saturated heterocycles. The Kier molecular flexibility index (Phi) is 7.44. The van der Waals surface area contributed by atoms with Crippen LogP contribution in [0.3, 0.4) is 0 Å². The summed E-state index contributed by atoms with van der Waals surface area (Å²) >= 11 is 0. The second-order valence-corrected chi connectivity index (χ2v) is 7.45. The third kappa shape index (κ3) is 5.95. The van der Waals surface area contributed by atoms with E-state index in [1.807, 2.05) is 55.5 Å². The van der Waals surface area contributed by atoms with E-state index in [-0.39, 0.29) is 23.8 Å². The van der Waals surface area contributed by atoms with E-state index < -0.39 is 5.97 Å². The van der Waals surface area contributed by atoms with Gasteiger partial charge in [0.2, 0.25) is 0 Å². The number of aryl methyl sites for hydroxylation is 2. The number of nitrogens with zero attached hydrogens (tertiary/aromatic N) is 1. The Morgan fingerprint density at radius 3 is 2.26 bits per heavy atom. The summed E-state index contributed by atoms with van der Waals surface area (Å²) in [7, 11) is 0. The molecule has 0 heterocycles. The summed E-state index contributed by atoms with van der Waals surface area (Å²) in [6, 6.07) is 22.7. The van der Waals surface area contributed by atoms with Crippen molar-refractivity contribution in [1.82, 2.24) is 4.90 Å². The summed E-state index contributed by atoms with van der Waals surface area (Å²) in [4.78, 5) is 26.4. The molecule has 3 rings (SSSR count). The Morgan fingerprint density at radius 1 is 0.903 bits per heavy atom. The van der Waals surface area contributed by atoms with Crippen LogP contribution in [0, 0.1) is 6.92 Å². The van der Waals surface area contributed by atoms with E-state index in [2.05, 4.69) is 13.0 Å². The zero-order valence-electron chi connectivity index (χ0n) is 17.9. The van der Waals surface area contributed by atoms with Crippen molar-refractivity contribution in [2.75, 3.05) is 6.61 Å². The molecule has 0 aromatic heterocycles. The molecule has 5 nitrogen and oxygen atoms in total. The van der Waals surface area contributed by atoms with Crippen LogP contribution in [0.25, 0.3) is 0 Å². The maximum Gasteiger partial charge on any atom is 0.339 e. The average molecular weight is 418 g/mol. The van der Waals surface area contributed by atoms with Crippen molar-refractivity contribution in [2.45, 2.75) is 33.4 Å². The molecule has 0 fully saturated rings. The number of hydrogen-bond acceptors (Lipinski definition) is 3. The first kappa shape index (κ1) is 22.1. The summed E-state index contributed by atoms with van der Waals surface area (Å²) < 4.78 is 5.68. The van der Waals surface area contributed by atoms with Gasteiger partial charge in [-0.2, -0.15) is 0 Å². The highest BCUT2D eigenvalue weighted by atomic mass is 16.5. The normalized spacial score (nSPS) is 10.5. The van der Waals surface area contributed by atoms with E-state index in [1.165, 1.54) is 11.6 Å². The van der Waals surface area contributed by atoms with Crippen molar-refractivity contribution in [3.05, 3.63) is 101 Å².